The van der Waals surface area contributed by atoms with Crippen molar-refractivity contribution < 1.29 is 81.0 Å². The molecule has 0 radical (unpaired) electrons. The quantitative estimate of drug-likeness (QED) is 0.0196. The number of hydrogen-bond donors (Lipinski definition) is 3. The Labute approximate surface area is 377 Å². The van der Waals surface area contributed by atoms with Gasteiger partial charge >= 0.3 is 29.6 Å². The standard InChI is InChI=1S/C45H86O11S.Na/c1-3-5-7-9-11-13-15-17-19-21-23-25-27-29-31-33-35-52-38-40(39-54-45-43(48)44(56-57(49,50)51)42(47)41(37-46)55-45)53-36-34-32-30-28-26-24-22-20-18-16-14-12-10-8-6-4-2;/h17-20,40-48H,3-16,21-39H2,1-2H3,(H,49,50,51);/q;+1/p-1/b19-17-,20-18-;/t40?,41-,42+,43-,44+,45-;/m1./s1. The van der Waals surface area contributed by atoms with Crippen LogP contribution in [-0.2, 0) is 33.5 Å². The molecular weight excluding hydrogens is 772 g/mol. The van der Waals surface area contributed by atoms with E-state index in [2.05, 4.69) is 42.3 Å². The van der Waals surface area contributed by atoms with Gasteiger partial charge in [-0.05, 0) is 64.2 Å². The number of aliphatic hydroxyl groups excluding tert-OH is 3. The second kappa shape index (κ2) is 41.1. The largest absolute Gasteiger partial charge is 1.00 e. The van der Waals surface area contributed by atoms with E-state index in [1.54, 1.807) is 0 Å². The Bertz CT molecular complexity index is 1050. The van der Waals surface area contributed by atoms with Gasteiger partial charge in [-0.2, -0.15) is 0 Å². The van der Waals surface area contributed by atoms with Gasteiger partial charge in [0.25, 0.3) is 0 Å². The van der Waals surface area contributed by atoms with Gasteiger partial charge in [-0.15, -0.1) is 0 Å². The normalized spacial score (nSPS) is 20.6. The number of hydrogen-bond acceptors (Lipinski definition) is 11. The minimum atomic E-state index is -5.26. The molecule has 58 heavy (non-hydrogen) atoms. The molecule has 3 N–H and O–H groups in total. The molecule has 1 unspecified atom stereocenters. The van der Waals surface area contributed by atoms with E-state index in [-0.39, 0.29) is 42.8 Å². The Morgan fingerprint density at radius 1 is 0.603 bits per heavy atom. The predicted octanol–water partition coefficient (Wildman–Crippen LogP) is 6.77. The van der Waals surface area contributed by atoms with Crippen LogP contribution in [-0.4, -0.2) is 98.1 Å². The first-order chi connectivity index (χ1) is 27.7. The molecule has 1 aliphatic heterocycles. The topological polar surface area (TPSA) is 164 Å². The van der Waals surface area contributed by atoms with Crippen LogP contribution < -0.4 is 29.6 Å². The molecule has 0 aromatic carbocycles. The molecule has 1 heterocycles. The van der Waals surface area contributed by atoms with Gasteiger partial charge in [0.05, 0.1) is 19.8 Å². The third-order valence-corrected chi connectivity index (χ3v) is 11.1. The zero-order valence-electron chi connectivity index (χ0n) is 37.1. The van der Waals surface area contributed by atoms with Gasteiger partial charge in [0.2, 0.25) is 10.4 Å². The maximum Gasteiger partial charge on any atom is 1.00 e. The van der Waals surface area contributed by atoms with E-state index in [0.717, 1.165) is 44.9 Å². The van der Waals surface area contributed by atoms with Crippen LogP contribution in [0.4, 0.5) is 0 Å². The average molecular weight is 857 g/mol. The fourth-order valence-electron chi connectivity index (χ4n) is 7.05. The van der Waals surface area contributed by atoms with Crippen molar-refractivity contribution in [1.29, 1.82) is 0 Å². The van der Waals surface area contributed by atoms with Gasteiger partial charge in [-0.25, -0.2) is 8.42 Å². The van der Waals surface area contributed by atoms with E-state index in [1.165, 1.54) is 135 Å². The SMILES string of the molecule is CCCCCCCC/C=C\CCCCCCCCOCC(CO[C@@H]1O[C@H](CO)[C@H](O)[C@H](OS(=O)(=O)[O-])[C@H]1O)OCCCCCCCC/C=C\CCCCCCCC.[Na+]. The van der Waals surface area contributed by atoms with Gasteiger partial charge in [-0.1, -0.05) is 154 Å². The molecule has 1 fully saturated rings. The van der Waals surface area contributed by atoms with E-state index in [0.29, 0.717) is 13.2 Å². The molecule has 1 rings (SSSR count). The van der Waals surface area contributed by atoms with Crippen molar-refractivity contribution in [2.45, 2.75) is 230 Å². The molecule has 0 saturated carbocycles. The van der Waals surface area contributed by atoms with Crippen molar-refractivity contribution in [3.05, 3.63) is 24.3 Å². The Hall–Kier alpha value is 0.0700. The summed E-state index contributed by atoms with van der Waals surface area (Å²) in [6.45, 7) is 5.07. The molecule has 0 aromatic rings. The molecule has 11 nitrogen and oxygen atoms in total. The van der Waals surface area contributed by atoms with Crippen LogP contribution in [0.25, 0.3) is 0 Å². The summed E-state index contributed by atoms with van der Waals surface area (Å²) in [7, 11) is -5.26. The number of unbranched alkanes of at least 4 members (excludes halogenated alkanes) is 24. The number of rotatable bonds is 41. The fraction of sp³-hybridized carbons (Fsp3) is 0.911. The molecule has 338 valence electrons. The van der Waals surface area contributed by atoms with Crippen LogP contribution >= 0.6 is 0 Å². The van der Waals surface area contributed by atoms with Crippen molar-refractivity contribution in [3.8, 4) is 0 Å². The third kappa shape index (κ3) is 33.7. The molecule has 13 heteroatoms. The fourth-order valence-corrected chi connectivity index (χ4v) is 7.55. The van der Waals surface area contributed by atoms with Crippen LogP contribution in [0.5, 0.6) is 0 Å². The number of allylic oxidation sites excluding steroid dienone is 4. The Kier molecular flexibility index (Phi) is 41.2. The minimum Gasteiger partial charge on any atom is -0.726 e. The minimum absolute atomic E-state index is 0. The second-order valence-electron chi connectivity index (χ2n) is 16.0. The third-order valence-electron chi connectivity index (χ3n) is 10.6. The summed E-state index contributed by atoms with van der Waals surface area (Å²) in [5.74, 6) is 0. The molecule has 0 aromatic heterocycles. The summed E-state index contributed by atoms with van der Waals surface area (Å²) < 4.78 is 61.5. The smallest absolute Gasteiger partial charge is 0.726 e. The van der Waals surface area contributed by atoms with Crippen molar-refractivity contribution >= 4 is 10.4 Å². The Morgan fingerprint density at radius 3 is 1.45 bits per heavy atom. The molecule has 0 bridgehead atoms. The Morgan fingerprint density at radius 2 is 1.02 bits per heavy atom. The maximum atomic E-state index is 11.2. The van der Waals surface area contributed by atoms with E-state index in [4.69, 9.17) is 18.9 Å². The first kappa shape index (κ1) is 58.1. The molecule has 0 aliphatic carbocycles. The first-order valence-electron chi connectivity index (χ1n) is 23.1. The zero-order valence-corrected chi connectivity index (χ0v) is 39.9. The zero-order chi connectivity index (χ0) is 41.7. The van der Waals surface area contributed by atoms with Gasteiger partial charge in [0.1, 0.15) is 30.5 Å². The van der Waals surface area contributed by atoms with Crippen molar-refractivity contribution in [1.82, 2.24) is 0 Å². The van der Waals surface area contributed by atoms with Crippen LogP contribution in [0.1, 0.15) is 194 Å². The van der Waals surface area contributed by atoms with Crippen LogP contribution in [0.3, 0.4) is 0 Å². The maximum absolute atomic E-state index is 11.2. The molecule has 0 spiro atoms. The van der Waals surface area contributed by atoms with Crippen molar-refractivity contribution in [2.75, 3.05) is 33.0 Å². The van der Waals surface area contributed by atoms with E-state index >= 15 is 0 Å². The van der Waals surface area contributed by atoms with E-state index < -0.39 is 53.8 Å². The predicted molar refractivity (Wildman–Crippen MR) is 228 cm³/mol. The summed E-state index contributed by atoms with van der Waals surface area (Å²) in [6.07, 6.45) is 35.0. The van der Waals surface area contributed by atoms with E-state index in [1.807, 2.05) is 0 Å². The van der Waals surface area contributed by atoms with Gasteiger partial charge in [-0.3, -0.25) is 4.18 Å². The average Bonchev–Trinajstić information content (AvgIpc) is 3.19. The first-order valence-corrected chi connectivity index (χ1v) is 24.4. The Balaban J connectivity index is 0.0000325. The van der Waals surface area contributed by atoms with Gasteiger partial charge in [0, 0.05) is 13.2 Å². The molecule has 1 saturated heterocycles. The van der Waals surface area contributed by atoms with Crippen molar-refractivity contribution in [2.24, 2.45) is 0 Å². The summed E-state index contributed by atoms with van der Waals surface area (Å²) in [5.41, 5.74) is 0. The summed E-state index contributed by atoms with van der Waals surface area (Å²) in [6, 6.07) is 0. The van der Waals surface area contributed by atoms with Gasteiger partial charge in [0.15, 0.2) is 6.29 Å². The molecular formula is C45H85NaO11S. The number of ether oxygens (including phenoxy) is 4. The van der Waals surface area contributed by atoms with Crippen LogP contribution in [0, 0.1) is 0 Å². The van der Waals surface area contributed by atoms with Crippen LogP contribution in [0.15, 0.2) is 24.3 Å². The van der Waals surface area contributed by atoms with Crippen LogP contribution in [0.2, 0.25) is 0 Å². The summed E-state index contributed by atoms with van der Waals surface area (Å²) >= 11 is 0. The summed E-state index contributed by atoms with van der Waals surface area (Å²) in [4.78, 5) is 0. The molecule has 1 aliphatic rings. The van der Waals surface area contributed by atoms with Gasteiger partial charge < -0.3 is 38.8 Å². The number of aliphatic hydroxyl groups is 3. The monoisotopic (exact) mass is 857 g/mol. The summed E-state index contributed by atoms with van der Waals surface area (Å²) in [5, 5.41) is 30.6. The van der Waals surface area contributed by atoms with E-state index in [9.17, 15) is 28.3 Å². The second-order valence-corrected chi connectivity index (χ2v) is 17.0. The molecule has 0 amide bonds. The van der Waals surface area contributed by atoms with Crippen molar-refractivity contribution in [3.63, 3.8) is 0 Å². The molecule has 6 atom stereocenters.